The van der Waals surface area contributed by atoms with Crippen molar-refractivity contribution < 1.29 is 23.9 Å². The zero-order valence-corrected chi connectivity index (χ0v) is 66.1. The quantitative estimate of drug-likeness (QED) is 0.116. The van der Waals surface area contributed by atoms with Crippen LogP contribution in [-0.4, -0.2) is 211 Å². The minimum absolute atomic E-state index is 0.0100. The second kappa shape index (κ2) is 43.7. The van der Waals surface area contributed by atoms with E-state index in [0.717, 1.165) is 90.1 Å². The first-order valence-corrected chi connectivity index (χ1v) is 38.0. The maximum atomic E-state index is 12.2. The number of piperidine rings is 2. The molecule has 0 aliphatic carbocycles. The van der Waals surface area contributed by atoms with Gasteiger partial charge in [0.05, 0.1) is 13.2 Å². The Morgan fingerprint density at radius 2 is 0.780 bits per heavy atom. The molecule has 4 aromatic rings. The van der Waals surface area contributed by atoms with Gasteiger partial charge in [0.15, 0.2) is 0 Å². The summed E-state index contributed by atoms with van der Waals surface area (Å²) in [5.74, 6) is 2.34. The monoisotopic (exact) mass is 1390 g/mol. The lowest BCUT2D eigenvalue weighted by molar-refractivity contribution is 0.0517. The number of amides is 8. The SMILES string of the molecule is CC(C)(C)N1CCCC(Cc2ccccc2)C1.CC(C)(C)NC(=O)N1CCC(Cc2ccccc2)C1.CC(C)(C)NC(=O)N1CCOCC1.CC1CN(C(=O)NC(C)(C)C)CCN1Cc1ccccc1.CCC.CN1CCN(C(=O)NC(C)(C)C)CC1.c1ccc(CC2CCNCC2)cc1. The zero-order valence-electron chi connectivity index (χ0n) is 66.1. The lowest BCUT2D eigenvalue weighted by Crippen LogP contribution is -2.57. The molecule has 4 aromatic carbocycles. The van der Waals surface area contributed by atoms with Gasteiger partial charge in [-0.3, -0.25) is 9.80 Å². The van der Waals surface area contributed by atoms with E-state index in [1.54, 1.807) is 4.90 Å². The number of piperazine rings is 2. The number of likely N-dealkylation sites (tertiary alicyclic amines) is 2. The molecule has 10 rings (SSSR count). The van der Waals surface area contributed by atoms with Crippen LogP contribution in [0, 0.1) is 17.8 Å². The van der Waals surface area contributed by atoms with E-state index in [1.807, 2.05) is 110 Å². The molecule has 562 valence electrons. The van der Waals surface area contributed by atoms with E-state index in [0.29, 0.717) is 43.8 Å². The average Bonchev–Trinajstić information content (AvgIpc) is 1.13. The molecule has 100 heavy (non-hydrogen) atoms. The van der Waals surface area contributed by atoms with Crippen molar-refractivity contribution in [1.82, 2.24) is 60.9 Å². The van der Waals surface area contributed by atoms with Crippen LogP contribution in [0.5, 0.6) is 0 Å². The first kappa shape index (κ1) is 86.2. The molecule has 5 N–H and O–H groups in total. The second-order valence-electron chi connectivity index (χ2n) is 33.6. The zero-order chi connectivity index (χ0) is 73.9. The Labute approximate surface area is 608 Å². The topological polar surface area (TPSA) is 160 Å². The standard InChI is InChI=1S/C17H27N3O.C16H24N2O.C16H25N.C12H17N.C10H21N3O.C9H18N2O2.C3H8/c1-14-12-20(16(21)18-17(2,3)4)11-10-19(14)13-15-8-6-5-7-9-15;1-16(2,3)17-15(19)18-10-9-14(12-18)11-13-7-5-4-6-8-13;1-16(2,3)17-11-7-10-15(13-17)12-14-8-5-4-6-9-14;1-2-4-11(5-3-1)10-12-6-8-13-9-7-12;1-10(2,3)11-9(14)13-7-5-12(4)6-8-13;1-9(2,3)10-8(12)11-4-6-13-7-5-11;1-3-2/h5-9,14H,10-13H2,1-4H3,(H,18,21);4-8,14H,9-12H2,1-3H3,(H,17,19);4-6,8-9,15H,7,10-13H2,1-3H3;1-5,12-13H,6-10H2;5-8H2,1-4H3,(H,11,14);4-7H2,1-3H3,(H,10,12);3H2,1-2H3. The van der Waals surface area contributed by atoms with Crippen LogP contribution < -0.4 is 26.6 Å². The molecular weight excluding hydrogens is 1240 g/mol. The van der Waals surface area contributed by atoms with Crippen LogP contribution in [0.4, 0.5) is 19.2 Å². The number of hydrogen-bond donors (Lipinski definition) is 5. The molecule has 8 amide bonds. The Hall–Kier alpha value is -6.24. The summed E-state index contributed by atoms with van der Waals surface area (Å²) in [6, 6.07) is 43.4. The molecule has 0 spiro atoms. The van der Waals surface area contributed by atoms with Crippen molar-refractivity contribution in [2.75, 3.05) is 118 Å². The number of carbonyl (C=O) groups is 4. The van der Waals surface area contributed by atoms with Gasteiger partial charge >= 0.3 is 24.1 Å². The van der Waals surface area contributed by atoms with E-state index >= 15 is 0 Å². The molecular formula is C83H140N12O5. The van der Waals surface area contributed by atoms with Gasteiger partial charge in [0.25, 0.3) is 0 Å². The fraction of sp³-hybridized carbons (Fsp3) is 0.663. The molecule has 0 bridgehead atoms. The van der Waals surface area contributed by atoms with Crippen molar-refractivity contribution in [2.45, 2.75) is 223 Å². The van der Waals surface area contributed by atoms with E-state index in [-0.39, 0.29) is 46.3 Å². The molecule has 6 aliphatic rings. The highest BCUT2D eigenvalue weighted by Crippen LogP contribution is 2.27. The Morgan fingerprint density at radius 1 is 0.420 bits per heavy atom. The minimum Gasteiger partial charge on any atom is -0.378 e. The normalized spacial score (nSPS) is 19.6. The fourth-order valence-electron chi connectivity index (χ4n) is 12.6. The number of hydrogen-bond acceptors (Lipinski definition) is 9. The van der Waals surface area contributed by atoms with Crippen molar-refractivity contribution in [3.63, 3.8) is 0 Å². The van der Waals surface area contributed by atoms with Crippen LogP contribution in [0.2, 0.25) is 0 Å². The number of nitrogens with one attached hydrogen (secondary N) is 5. The van der Waals surface area contributed by atoms with Crippen LogP contribution in [0.3, 0.4) is 0 Å². The van der Waals surface area contributed by atoms with Gasteiger partial charge in [-0.05, 0) is 229 Å². The van der Waals surface area contributed by atoms with Crippen LogP contribution in [-0.2, 0) is 30.5 Å². The number of likely N-dealkylation sites (N-methyl/N-ethyl adjacent to an activating group) is 1. The van der Waals surface area contributed by atoms with Gasteiger partial charge in [0.2, 0.25) is 0 Å². The third-order valence-electron chi connectivity index (χ3n) is 17.9. The highest BCUT2D eigenvalue weighted by Gasteiger charge is 2.32. The molecule has 0 aromatic heterocycles. The van der Waals surface area contributed by atoms with Crippen molar-refractivity contribution in [3.8, 4) is 0 Å². The summed E-state index contributed by atoms with van der Waals surface area (Å²) >= 11 is 0. The molecule has 6 heterocycles. The smallest absolute Gasteiger partial charge is 0.317 e. The highest BCUT2D eigenvalue weighted by atomic mass is 16.5. The number of morpholine rings is 1. The summed E-state index contributed by atoms with van der Waals surface area (Å²) < 4.78 is 5.16. The highest BCUT2D eigenvalue weighted by molar-refractivity contribution is 5.76. The van der Waals surface area contributed by atoms with Crippen LogP contribution in [0.15, 0.2) is 121 Å². The first-order valence-electron chi connectivity index (χ1n) is 38.0. The summed E-state index contributed by atoms with van der Waals surface area (Å²) in [5.41, 5.74) is 5.38. The molecule has 17 nitrogen and oxygen atoms in total. The second-order valence-corrected chi connectivity index (χ2v) is 33.6. The third-order valence-corrected chi connectivity index (χ3v) is 17.9. The van der Waals surface area contributed by atoms with Crippen LogP contribution >= 0.6 is 0 Å². The van der Waals surface area contributed by atoms with E-state index < -0.39 is 0 Å². The molecule has 6 fully saturated rings. The van der Waals surface area contributed by atoms with Gasteiger partial charge in [-0.15, -0.1) is 0 Å². The maximum Gasteiger partial charge on any atom is 0.317 e. The van der Waals surface area contributed by atoms with Crippen LogP contribution in [0.25, 0.3) is 0 Å². The van der Waals surface area contributed by atoms with Crippen molar-refractivity contribution in [1.29, 1.82) is 0 Å². The molecule has 6 saturated heterocycles. The Balaban J connectivity index is 0.000000255. The summed E-state index contributed by atoms with van der Waals surface area (Å²) in [4.78, 5) is 62.4. The number of benzene rings is 4. The van der Waals surface area contributed by atoms with E-state index in [4.69, 9.17) is 4.74 Å². The summed E-state index contributed by atoms with van der Waals surface area (Å²) in [7, 11) is 2.08. The van der Waals surface area contributed by atoms with Gasteiger partial charge in [0.1, 0.15) is 0 Å². The van der Waals surface area contributed by atoms with Gasteiger partial charge in [-0.25, -0.2) is 19.2 Å². The van der Waals surface area contributed by atoms with E-state index in [2.05, 4.69) is 199 Å². The molecule has 3 unspecified atom stereocenters. The first-order chi connectivity index (χ1) is 47.1. The van der Waals surface area contributed by atoms with E-state index in [9.17, 15) is 19.2 Å². The molecule has 0 radical (unpaired) electrons. The Kier molecular flexibility index (Phi) is 37.6. The summed E-state index contributed by atoms with van der Waals surface area (Å²) in [6.45, 7) is 53.9. The van der Waals surface area contributed by atoms with Gasteiger partial charge in [0, 0.05) is 119 Å². The maximum absolute atomic E-state index is 12.2. The average molecular weight is 1390 g/mol. The molecule has 3 atom stereocenters. The molecule has 17 heteroatoms. The fourth-order valence-corrected chi connectivity index (χ4v) is 12.6. The largest absolute Gasteiger partial charge is 0.378 e. The Bertz CT molecular complexity index is 2850. The predicted molar refractivity (Wildman–Crippen MR) is 418 cm³/mol. The van der Waals surface area contributed by atoms with Gasteiger partial charge in [-0.1, -0.05) is 142 Å². The molecule has 6 aliphatic heterocycles. The van der Waals surface area contributed by atoms with Crippen molar-refractivity contribution in [3.05, 3.63) is 144 Å². The van der Waals surface area contributed by atoms with Crippen molar-refractivity contribution >= 4 is 24.1 Å². The summed E-state index contributed by atoms with van der Waals surface area (Å²) in [5, 5.41) is 15.4. The number of carbonyl (C=O) groups excluding carboxylic acids is 4. The third kappa shape index (κ3) is 37.6. The number of urea groups is 4. The van der Waals surface area contributed by atoms with Gasteiger partial charge < -0.3 is 55.8 Å². The van der Waals surface area contributed by atoms with Gasteiger partial charge in [-0.2, -0.15) is 0 Å². The van der Waals surface area contributed by atoms with E-state index in [1.165, 1.54) is 93.4 Å². The Morgan fingerprint density at radius 3 is 1.18 bits per heavy atom. The number of nitrogens with zero attached hydrogens (tertiary/aromatic N) is 7. The van der Waals surface area contributed by atoms with Crippen molar-refractivity contribution in [2.24, 2.45) is 17.8 Å². The predicted octanol–water partition coefficient (Wildman–Crippen LogP) is 14.7. The lowest BCUT2D eigenvalue weighted by atomic mass is 9.89. The number of rotatable bonds is 8. The minimum atomic E-state index is -0.179. The lowest BCUT2D eigenvalue weighted by Gasteiger charge is -2.41. The molecule has 0 saturated carbocycles. The van der Waals surface area contributed by atoms with Crippen LogP contribution in [0.1, 0.15) is 185 Å². The summed E-state index contributed by atoms with van der Waals surface area (Å²) in [6.07, 6.45) is 11.4. The number of ether oxygens (including phenoxy) is 1.